The molecule has 1 heterocycles. The van der Waals surface area contributed by atoms with Gasteiger partial charge in [-0.15, -0.1) is 0 Å². The first-order valence-electron chi connectivity index (χ1n) is 6.29. The fourth-order valence-electron chi connectivity index (χ4n) is 2.22. The molecule has 0 unspecified atom stereocenters. The Morgan fingerprint density at radius 2 is 1.77 bits per heavy atom. The third-order valence-electron chi connectivity index (χ3n) is 3.17. The average Bonchev–Trinajstić information content (AvgIpc) is 2.63. The van der Waals surface area contributed by atoms with Crippen LogP contribution in [0.25, 0.3) is 0 Å². The van der Waals surface area contributed by atoms with Gasteiger partial charge in [0.15, 0.2) is 0 Å². The molecule has 1 aliphatic rings. The van der Waals surface area contributed by atoms with Crippen LogP contribution in [0.4, 0.5) is 14.5 Å². The summed E-state index contributed by atoms with van der Waals surface area (Å²) in [6.07, 6.45) is 0. The van der Waals surface area contributed by atoms with Gasteiger partial charge < -0.3 is 5.73 Å². The summed E-state index contributed by atoms with van der Waals surface area (Å²) in [6.45, 7) is 0.0335. The van der Waals surface area contributed by atoms with Crippen molar-refractivity contribution in [2.75, 3.05) is 6.54 Å². The Morgan fingerprint density at radius 1 is 1.09 bits per heavy atom. The lowest BCUT2D eigenvalue weighted by molar-refractivity contribution is 0.579. The summed E-state index contributed by atoms with van der Waals surface area (Å²) in [5.41, 5.74) is 6.38. The van der Waals surface area contributed by atoms with Crippen molar-refractivity contribution < 1.29 is 8.78 Å². The first kappa shape index (κ1) is 15.1. The van der Waals surface area contributed by atoms with Crippen LogP contribution in [0.15, 0.2) is 44.8 Å². The van der Waals surface area contributed by atoms with E-state index in [2.05, 4.69) is 25.9 Å². The monoisotopic (exact) mass is 383 g/mol. The molecule has 0 aliphatic carbocycles. The zero-order valence-corrected chi connectivity index (χ0v) is 13.4. The fourth-order valence-corrected chi connectivity index (χ4v) is 2.80. The number of rotatable bonds is 1. The molecule has 0 spiro atoms. The molecule has 2 aromatic carbocycles. The van der Waals surface area contributed by atoms with E-state index in [1.807, 2.05) is 0 Å². The third kappa shape index (κ3) is 2.53. The Labute approximate surface area is 138 Å². The van der Waals surface area contributed by atoms with Gasteiger partial charge in [0.2, 0.25) is 0 Å². The SMILES string of the molecule is NC1=Nc2ccc(Br)c(Cl)c2C(c2c(F)cccc2F)=NC1. The fraction of sp³-hybridized carbons (Fsp3) is 0.0667. The van der Waals surface area contributed by atoms with Crippen LogP contribution >= 0.6 is 27.5 Å². The summed E-state index contributed by atoms with van der Waals surface area (Å²) in [4.78, 5) is 8.42. The molecular weight excluding hydrogens is 376 g/mol. The largest absolute Gasteiger partial charge is 0.386 e. The van der Waals surface area contributed by atoms with Crippen molar-refractivity contribution in [1.29, 1.82) is 0 Å². The molecule has 0 aromatic heterocycles. The summed E-state index contributed by atoms with van der Waals surface area (Å²) in [6, 6.07) is 6.99. The van der Waals surface area contributed by atoms with Crippen molar-refractivity contribution in [3.8, 4) is 0 Å². The van der Waals surface area contributed by atoms with E-state index in [9.17, 15) is 8.78 Å². The lowest BCUT2D eigenvalue weighted by Crippen LogP contribution is -2.15. The van der Waals surface area contributed by atoms with Crippen molar-refractivity contribution in [1.82, 2.24) is 0 Å². The molecule has 22 heavy (non-hydrogen) atoms. The van der Waals surface area contributed by atoms with Crippen LogP contribution in [-0.2, 0) is 0 Å². The van der Waals surface area contributed by atoms with E-state index < -0.39 is 11.6 Å². The number of hydrogen-bond acceptors (Lipinski definition) is 3. The first-order valence-corrected chi connectivity index (χ1v) is 7.46. The molecule has 3 nitrogen and oxygen atoms in total. The van der Waals surface area contributed by atoms with Gasteiger partial charge in [-0.2, -0.15) is 0 Å². The molecule has 7 heteroatoms. The zero-order chi connectivity index (χ0) is 15.9. The molecule has 0 amide bonds. The zero-order valence-electron chi connectivity index (χ0n) is 11.1. The van der Waals surface area contributed by atoms with Gasteiger partial charge in [0.05, 0.1) is 28.5 Å². The summed E-state index contributed by atoms with van der Waals surface area (Å²) < 4.78 is 28.9. The Balaban J connectivity index is 2.35. The van der Waals surface area contributed by atoms with Gasteiger partial charge in [0, 0.05) is 10.0 Å². The number of halogens is 4. The summed E-state index contributed by atoms with van der Waals surface area (Å²) in [7, 11) is 0. The van der Waals surface area contributed by atoms with Crippen molar-refractivity contribution >= 4 is 44.8 Å². The van der Waals surface area contributed by atoms with Crippen LogP contribution in [0.5, 0.6) is 0 Å². The highest BCUT2D eigenvalue weighted by Crippen LogP contribution is 2.37. The number of fused-ring (bicyclic) bond motifs is 1. The number of amidine groups is 1. The number of hydrogen-bond donors (Lipinski definition) is 1. The smallest absolute Gasteiger partial charge is 0.135 e. The summed E-state index contributed by atoms with van der Waals surface area (Å²) in [5.74, 6) is -1.20. The molecule has 0 saturated heterocycles. The Kier molecular flexibility index (Phi) is 3.97. The Morgan fingerprint density at radius 3 is 2.45 bits per heavy atom. The van der Waals surface area contributed by atoms with E-state index in [0.29, 0.717) is 15.7 Å². The van der Waals surface area contributed by atoms with Crippen molar-refractivity contribution in [2.24, 2.45) is 15.7 Å². The summed E-state index contributed by atoms with van der Waals surface area (Å²) in [5, 5.41) is 0.275. The van der Waals surface area contributed by atoms with E-state index in [1.54, 1.807) is 12.1 Å². The highest BCUT2D eigenvalue weighted by molar-refractivity contribution is 9.10. The average molecular weight is 385 g/mol. The predicted octanol–water partition coefficient (Wildman–Crippen LogP) is 4.22. The van der Waals surface area contributed by atoms with Gasteiger partial charge in [-0.25, -0.2) is 13.8 Å². The number of nitrogens with zero attached hydrogens (tertiary/aromatic N) is 2. The van der Waals surface area contributed by atoms with Gasteiger partial charge in [-0.1, -0.05) is 17.7 Å². The molecule has 0 bridgehead atoms. The van der Waals surface area contributed by atoms with Crippen LogP contribution in [0, 0.1) is 11.6 Å². The van der Waals surface area contributed by atoms with E-state index in [0.717, 1.165) is 0 Å². The minimum absolute atomic E-state index is 0.0335. The minimum atomic E-state index is -0.721. The van der Waals surface area contributed by atoms with E-state index in [-0.39, 0.29) is 28.7 Å². The normalized spacial score (nSPS) is 14.0. The second-order valence-electron chi connectivity index (χ2n) is 4.62. The van der Waals surface area contributed by atoms with E-state index in [4.69, 9.17) is 17.3 Å². The van der Waals surface area contributed by atoms with Crippen molar-refractivity contribution in [3.05, 3.63) is 62.6 Å². The molecule has 1 aliphatic heterocycles. The maximum Gasteiger partial charge on any atom is 0.135 e. The van der Waals surface area contributed by atoms with Gasteiger partial charge in [-0.05, 0) is 40.2 Å². The summed E-state index contributed by atoms with van der Waals surface area (Å²) >= 11 is 9.60. The van der Waals surface area contributed by atoms with Crippen LogP contribution in [-0.4, -0.2) is 18.1 Å². The molecule has 0 saturated carbocycles. The second kappa shape index (κ2) is 5.78. The number of aliphatic imine (C=N–C) groups is 2. The predicted molar refractivity (Wildman–Crippen MR) is 87.3 cm³/mol. The van der Waals surface area contributed by atoms with E-state index >= 15 is 0 Å². The van der Waals surface area contributed by atoms with Crippen LogP contribution in [0.1, 0.15) is 11.1 Å². The Bertz CT molecular complexity index is 814. The van der Waals surface area contributed by atoms with Crippen molar-refractivity contribution in [2.45, 2.75) is 0 Å². The molecule has 2 aromatic rings. The highest BCUT2D eigenvalue weighted by atomic mass is 79.9. The second-order valence-corrected chi connectivity index (χ2v) is 5.85. The number of nitrogens with two attached hydrogens (primary N) is 1. The molecule has 112 valence electrons. The van der Waals surface area contributed by atoms with E-state index in [1.165, 1.54) is 18.2 Å². The minimum Gasteiger partial charge on any atom is -0.386 e. The van der Waals surface area contributed by atoms with Crippen LogP contribution in [0.3, 0.4) is 0 Å². The van der Waals surface area contributed by atoms with Crippen LogP contribution in [0.2, 0.25) is 5.02 Å². The van der Waals surface area contributed by atoms with Crippen LogP contribution < -0.4 is 5.73 Å². The molecular formula is C15H9BrClF2N3. The Hall–Kier alpha value is -1.79. The highest BCUT2D eigenvalue weighted by Gasteiger charge is 2.24. The quantitative estimate of drug-likeness (QED) is 0.786. The van der Waals surface area contributed by atoms with Gasteiger partial charge in [0.25, 0.3) is 0 Å². The topological polar surface area (TPSA) is 50.7 Å². The first-order chi connectivity index (χ1) is 10.5. The maximum atomic E-state index is 14.1. The molecule has 0 fully saturated rings. The maximum absolute atomic E-state index is 14.1. The van der Waals surface area contributed by atoms with Gasteiger partial charge in [-0.3, -0.25) is 4.99 Å². The molecule has 3 rings (SSSR count). The van der Waals surface area contributed by atoms with Crippen molar-refractivity contribution in [3.63, 3.8) is 0 Å². The lowest BCUT2D eigenvalue weighted by atomic mass is 9.99. The third-order valence-corrected chi connectivity index (χ3v) is 4.45. The molecule has 2 N–H and O–H groups in total. The van der Waals surface area contributed by atoms with Gasteiger partial charge >= 0.3 is 0 Å². The number of benzene rings is 2. The van der Waals surface area contributed by atoms with Gasteiger partial charge in [0.1, 0.15) is 17.5 Å². The standard InChI is InChI=1S/C15H9BrClF2N3/c16-7-4-5-10-13(14(7)17)15(21-6-11(20)22-10)12-8(18)2-1-3-9(12)19/h1-5H,6H2,(H2,20,22). The molecule has 0 radical (unpaired) electrons. The lowest BCUT2D eigenvalue weighted by Gasteiger charge is -2.13. The molecule has 0 atom stereocenters.